The van der Waals surface area contributed by atoms with Crippen LogP contribution in [0.1, 0.15) is 10.4 Å². The van der Waals surface area contributed by atoms with Crippen molar-refractivity contribution in [1.82, 2.24) is 0 Å². The smallest absolute Gasteiger partial charge is 0.335 e. The van der Waals surface area contributed by atoms with Crippen molar-refractivity contribution >= 4 is 27.6 Å². The molecular weight excluding hydrogens is 349 g/mol. The summed E-state index contributed by atoms with van der Waals surface area (Å²) in [5.41, 5.74) is -0.591. The highest BCUT2D eigenvalue weighted by Crippen LogP contribution is 2.33. The Balaban J connectivity index is 2.47. The molecule has 0 aliphatic carbocycles. The maximum Gasteiger partial charge on any atom is 0.335 e. The van der Waals surface area contributed by atoms with Gasteiger partial charge in [-0.1, -0.05) is 15.9 Å². The summed E-state index contributed by atoms with van der Waals surface area (Å²) < 4.78 is 18.9. The van der Waals surface area contributed by atoms with E-state index in [2.05, 4.69) is 15.9 Å². The molecule has 2 aromatic carbocycles. The summed E-state index contributed by atoms with van der Waals surface area (Å²) in [6.07, 6.45) is 0. The Bertz CT molecular complexity index is 714. The predicted molar refractivity (Wildman–Crippen MR) is 74.2 cm³/mol. The van der Waals surface area contributed by atoms with Crippen molar-refractivity contribution in [2.75, 3.05) is 0 Å². The van der Waals surface area contributed by atoms with Gasteiger partial charge in [0.2, 0.25) is 5.75 Å². The molecule has 0 aliphatic rings. The van der Waals surface area contributed by atoms with Crippen LogP contribution in [0.15, 0.2) is 40.9 Å². The second kappa shape index (κ2) is 5.88. The summed E-state index contributed by atoms with van der Waals surface area (Å²) in [7, 11) is 0. The molecule has 0 heterocycles. The number of hydrogen-bond acceptors (Lipinski definition) is 4. The number of carboxylic acid groups (broad SMARTS) is 1. The normalized spacial score (nSPS) is 10.2. The zero-order chi connectivity index (χ0) is 15.6. The van der Waals surface area contributed by atoms with Crippen LogP contribution in [0, 0.1) is 15.9 Å². The van der Waals surface area contributed by atoms with Gasteiger partial charge in [0.05, 0.1) is 10.5 Å². The first-order valence-corrected chi connectivity index (χ1v) is 6.32. The van der Waals surface area contributed by atoms with E-state index in [-0.39, 0.29) is 17.1 Å². The molecule has 0 aliphatic heterocycles. The van der Waals surface area contributed by atoms with Gasteiger partial charge in [-0.05, 0) is 18.2 Å². The minimum absolute atomic E-state index is 0.00696. The standard InChI is InChI=1S/C13H7BrFNO5/c14-8-4-9(15)6-10(5-8)21-12-3-7(13(17)18)1-2-11(12)16(19)20/h1-6H,(H,17,18). The first kappa shape index (κ1) is 14.9. The third-order valence-electron chi connectivity index (χ3n) is 2.47. The number of benzene rings is 2. The summed E-state index contributed by atoms with van der Waals surface area (Å²) >= 11 is 3.06. The van der Waals surface area contributed by atoms with E-state index in [0.29, 0.717) is 4.47 Å². The fourth-order valence-electron chi connectivity index (χ4n) is 1.59. The van der Waals surface area contributed by atoms with E-state index in [1.807, 2.05) is 0 Å². The highest BCUT2D eigenvalue weighted by atomic mass is 79.9. The van der Waals surface area contributed by atoms with Crippen molar-refractivity contribution < 1.29 is 24.0 Å². The summed E-state index contributed by atoms with van der Waals surface area (Å²) in [5, 5.41) is 19.8. The largest absolute Gasteiger partial charge is 0.478 e. The molecule has 0 unspecified atom stereocenters. The van der Waals surface area contributed by atoms with Crippen molar-refractivity contribution in [1.29, 1.82) is 0 Å². The molecule has 0 saturated carbocycles. The van der Waals surface area contributed by atoms with Crippen LogP contribution in [-0.2, 0) is 0 Å². The van der Waals surface area contributed by atoms with Crippen LogP contribution in [0.4, 0.5) is 10.1 Å². The molecule has 0 aromatic heterocycles. The van der Waals surface area contributed by atoms with Crippen molar-refractivity contribution in [3.8, 4) is 11.5 Å². The van der Waals surface area contributed by atoms with Gasteiger partial charge in [-0.25, -0.2) is 9.18 Å². The maximum absolute atomic E-state index is 13.3. The van der Waals surface area contributed by atoms with Gasteiger partial charge < -0.3 is 9.84 Å². The van der Waals surface area contributed by atoms with Gasteiger partial charge in [0.25, 0.3) is 0 Å². The molecule has 21 heavy (non-hydrogen) atoms. The fraction of sp³-hybridized carbons (Fsp3) is 0. The first-order chi connectivity index (χ1) is 9.86. The second-order valence-electron chi connectivity index (χ2n) is 3.95. The molecule has 0 bridgehead atoms. The van der Waals surface area contributed by atoms with Crippen molar-refractivity contribution in [3.05, 3.63) is 62.4 Å². The average molecular weight is 356 g/mol. The van der Waals surface area contributed by atoms with Gasteiger partial charge in [-0.2, -0.15) is 0 Å². The lowest BCUT2D eigenvalue weighted by molar-refractivity contribution is -0.385. The van der Waals surface area contributed by atoms with Gasteiger partial charge in [0.1, 0.15) is 11.6 Å². The number of rotatable bonds is 4. The number of hydrogen-bond donors (Lipinski definition) is 1. The molecule has 1 N–H and O–H groups in total. The summed E-state index contributed by atoms with van der Waals surface area (Å²) in [6.45, 7) is 0. The maximum atomic E-state index is 13.3. The summed E-state index contributed by atoms with van der Waals surface area (Å²) in [6, 6.07) is 6.75. The number of nitrogens with zero attached hydrogens (tertiary/aromatic N) is 1. The molecule has 0 atom stereocenters. The van der Waals surface area contributed by atoms with Gasteiger partial charge in [0, 0.05) is 22.7 Å². The van der Waals surface area contributed by atoms with E-state index < -0.39 is 22.4 Å². The Labute approximate surface area is 126 Å². The van der Waals surface area contributed by atoms with E-state index in [1.54, 1.807) is 0 Å². The SMILES string of the molecule is O=C(O)c1ccc([N+](=O)[O-])c(Oc2cc(F)cc(Br)c2)c1. The highest BCUT2D eigenvalue weighted by Gasteiger charge is 2.19. The number of nitro groups is 1. The zero-order valence-corrected chi connectivity index (χ0v) is 11.8. The number of ether oxygens (including phenoxy) is 1. The number of nitro benzene ring substituents is 1. The fourth-order valence-corrected chi connectivity index (χ4v) is 2.04. The van der Waals surface area contributed by atoms with Crippen LogP contribution >= 0.6 is 15.9 Å². The molecule has 6 nitrogen and oxygen atoms in total. The number of carboxylic acids is 1. The van der Waals surface area contributed by atoms with Crippen molar-refractivity contribution in [2.45, 2.75) is 0 Å². The first-order valence-electron chi connectivity index (χ1n) is 5.52. The van der Waals surface area contributed by atoms with Gasteiger partial charge >= 0.3 is 11.7 Å². The Hall–Kier alpha value is -2.48. The molecular formula is C13H7BrFNO5. The third-order valence-corrected chi connectivity index (χ3v) is 2.93. The van der Waals surface area contributed by atoms with Gasteiger partial charge in [0.15, 0.2) is 0 Å². The molecule has 0 saturated heterocycles. The highest BCUT2D eigenvalue weighted by molar-refractivity contribution is 9.10. The molecule has 2 rings (SSSR count). The number of carbonyl (C=O) groups is 1. The van der Waals surface area contributed by atoms with E-state index >= 15 is 0 Å². The van der Waals surface area contributed by atoms with Crippen LogP contribution in [0.5, 0.6) is 11.5 Å². The Morgan fingerprint density at radius 2 is 2.00 bits per heavy atom. The minimum Gasteiger partial charge on any atom is -0.478 e. The minimum atomic E-state index is -1.25. The quantitative estimate of drug-likeness (QED) is 0.661. The van der Waals surface area contributed by atoms with Crippen molar-refractivity contribution in [2.24, 2.45) is 0 Å². The lowest BCUT2D eigenvalue weighted by Crippen LogP contribution is -1.99. The van der Waals surface area contributed by atoms with Crippen LogP contribution in [0.2, 0.25) is 0 Å². The van der Waals surface area contributed by atoms with Gasteiger partial charge in [-0.15, -0.1) is 0 Å². The molecule has 0 amide bonds. The lowest BCUT2D eigenvalue weighted by atomic mass is 10.2. The topological polar surface area (TPSA) is 89.7 Å². The third kappa shape index (κ3) is 3.54. The Morgan fingerprint density at radius 1 is 1.29 bits per heavy atom. The van der Waals surface area contributed by atoms with Crippen LogP contribution in [-0.4, -0.2) is 16.0 Å². The number of aromatic carboxylic acids is 1. The number of halogens is 2. The average Bonchev–Trinajstić information content (AvgIpc) is 2.36. The molecule has 8 heteroatoms. The second-order valence-corrected chi connectivity index (χ2v) is 4.87. The van der Waals surface area contributed by atoms with Crippen molar-refractivity contribution in [3.63, 3.8) is 0 Å². The Morgan fingerprint density at radius 3 is 2.57 bits per heavy atom. The summed E-state index contributed by atoms with van der Waals surface area (Å²) in [5.74, 6) is -2.13. The monoisotopic (exact) mass is 355 g/mol. The Kier molecular flexibility index (Phi) is 4.18. The van der Waals surface area contributed by atoms with Crippen LogP contribution in [0.3, 0.4) is 0 Å². The molecule has 2 aromatic rings. The molecule has 0 spiro atoms. The lowest BCUT2D eigenvalue weighted by Gasteiger charge is -2.08. The van der Waals surface area contributed by atoms with Gasteiger partial charge in [-0.3, -0.25) is 10.1 Å². The summed E-state index contributed by atoms with van der Waals surface area (Å²) in [4.78, 5) is 21.1. The van der Waals surface area contributed by atoms with Crippen LogP contribution in [0.25, 0.3) is 0 Å². The predicted octanol–water partition coefficient (Wildman–Crippen LogP) is 3.99. The van der Waals surface area contributed by atoms with Crippen LogP contribution < -0.4 is 4.74 Å². The molecule has 0 fully saturated rings. The zero-order valence-electron chi connectivity index (χ0n) is 10.2. The van der Waals surface area contributed by atoms with E-state index in [9.17, 15) is 19.3 Å². The van der Waals surface area contributed by atoms with E-state index in [4.69, 9.17) is 9.84 Å². The van der Waals surface area contributed by atoms with E-state index in [0.717, 1.165) is 24.3 Å². The molecule has 108 valence electrons. The van der Waals surface area contributed by atoms with E-state index in [1.165, 1.54) is 12.1 Å². The molecule has 0 radical (unpaired) electrons.